The van der Waals surface area contributed by atoms with E-state index in [0.717, 1.165) is 5.56 Å². The summed E-state index contributed by atoms with van der Waals surface area (Å²) >= 11 is 0. The number of Topliss-reactive ketones (excluding diaryl/α,β-unsaturated/α-hetero) is 1. The number of pyridine rings is 1. The largest absolute Gasteiger partial charge is 0.451 e. The molecule has 0 aliphatic heterocycles. The highest BCUT2D eigenvalue weighted by atomic mass is 16.3. The van der Waals surface area contributed by atoms with Gasteiger partial charge >= 0.3 is 0 Å². The Balaban J connectivity index is 1.96. The summed E-state index contributed by atoms with van der Waals surface area (Å²) in [6.07, 6.45) is 3.31. The third kappa shape index (κ3) is 2.85. The van der Waals surface area contributed by atoms with E-state index < -0.39 is 5.92 Å². The predicted molar refractivity (Wildman–Crippen MR) is 87.5 cm³/mol. The first-order valence-electron chi connectivity index (χ1n) is 7.31. The third-order valence-corrected chi connectivity index (χ3v) is 3.74. The Morgan fingerprint density at radius 1 is 1.17 bits per heavy atom. The zero-order valence-electron chi connectivity index (χ0n) is 12.9. The number of hydrogen-bond acceptors (Lipinski definition) is 4. The van der Waals surface area contributed by atoms with Crippen molar-refractivity contribution < 1.29 is 14.0 Å². The molecule has 0 unspecified atom stereocenters. The number of nitrogens with zero attached hydrogens (tertiary/aromatic N) is 1. The van der Waals surface area contributed by atoms with Gasteiger partial charge in [-0.15, -0.1) is 0 Å². The topological polar surface area (TPSA) is 72.2 Å². The molecule has 23 heavy (non-hydrogen) atoms. The van der Waals surface area contributed by atoms with Gasteiger partial charge in [-0.3, -0.25) is 14.6 Å². The third-order valence-electron chi connectivity index (χ3n) is 3.74. The van der Waals surface area contributed by atoms with Crippen molar-refractivity contribution in [3.05, 3.63) is 60.1 Å². The van der Waals surface area contributed by atoms with Gasteiger partial charge in [0.1, 0.15) is 5.58 Å². The molecular weight excluding hydrogens is 292 g/mol. The van der Waals surface area contributed by atoms with Crippen LogP contribution >= 0.6 is 0 Å². The Labute approximate surface area is 133 Å². The molecule has 1 amide bonds. The van der Waals surface area contributed by atoms with Crippen molar-refractivity contribution in [3.63, 3.8) is 0 Å². The number of furan rings is 1. The van der Waals surface area contributed by atoms with E-state index in [0.29, 0.717) is 16.7 Å². The van der Waals surface area contributed by atoms with Crippen LogP contribution in [0.2, 0.25) is 0 Å². The molecule has 0 saturated heterocycles. The second-order valence-corrected chi connectivity index (χ2v) is 5.36. The summed E-state index contributed by atoms with van der Waals surface area (Å²) in [7, 11) is 0. The van der Waals surface area contributed by atoms with Crippen molar-refractivity contribution in [2.75, 3.05) is 5.32 Å². The molecule has 0 bridgehead atoms. The zero-order chi connectivity index (χ0) is 16.4. The van der Waals surface area contributed by atoms with E-state index in [9.17, 15) is 9.59 Å². The molecule has 0 saturated carbocycles. The monoisotopic (exact) mass is 308 g/mol. The van der Waals surface area contributed by atoms with Gasteiger partial charge in [0.2, 0.25) is 5.91 Å². The molecule has 0 aliphatic rings. The minimum absolute atomic E-state index is 0.165. The predicted octanol–water partition coefficient (Wildman–Crippen LogP) is 3.77. The van der Waals surface area contributed by atoms with Crippen LogP contribution in [0.3, 0.4) is 0 Å². The molecule has 5 heteroatoms. The SMILES string of the molecule is CC(=O)c1oc2ccccc2c1NC(=O)[C@@H](C)c1cccnc1. The molecule has 1 atom stereocenters. The highest BCUT2D eigenvalue weighted by Gasteiger charge is 2.22. The van der Waals surface area contributed by atoms with Gasteiger partial charge in [0.15, 0.2) is 11.5 Å². The van der Waals surface area contributed by atoms with E-state index in [1.54, 1.807) is 31.5 Å². The first kappa shape index (κ1) is 15.0. The number of ketones is 1. The van der Waals surface area contributed by atoms with Crippen LogP contribution in [0.1, 0.15) is 35.9 Å². The smallest absolute Gasteiger partial charge is 0.231 e. The van der Waals surface area contributed by atoms with Crippen LogP contribution < -0.4 is 5.32 Å². The molecule has 1 N–H and O–H groups in total. The fourth-order valence-corrected chi connectivity index (χ4v) is 2.43. The van der Waals surface area contributed by atoms with Gasteiger partial charge in [0.05, 0.1) is 11.6 Å². The second kappa shape index (κ2) is 6.04. The molecule has 1 aromatic carbocycles. The Morgan fingerprint density at radius 3 is 2.65 bits per heavy atom. The van der Waals surface area contributed by atoms with E-state index >= 15 is 0 Å². The number of rotatable bonds is 4. The number of benzene rings is 1. The number of fused-ring (bicyclic) bond motifs is 1. The average Bonchev–Trinajstić information content (AvgIpc) is 2.94. The summed E-state index contributed by atoms with van der Waals surface area (Å²) in [6, 6.07) is 10.9. The van der Waals surface area contributed by atoms with E-state index in [1.807, 2.05) is 24.3 Å². The van der Waals surface area contributed by atoms with Crippen LogP contribution in [-0.2, 0) is 4.79 Å². The van der Waals surface area contributed by atoms with Crippen LogP contribution in [0.15, 0.2) is 53.2 Å². The number of carbonyl (C=O) groups is 2. The molecular formula is C18H16N2O3. The van der Waals surface area contributed by atoms with Gasteiger partial charge < -0.3 is 9.73 Å². The Hall–Kier alpha value is -2.95. The van der Waals surface area contributed by atoms with Crippen molar-refractivity contribution in [1.82, 2.24) is 4.98 Å². The number of amides is 1. The highest BCUT2D eigenvalue weighted by Crippen LogP contribution is 2.32. The second-order valence-electron chi connectivity index (χ2n) is 5.36. The van der Waals surface area contributed by atoms with Gasteiger partial charge in [-0.05, 0) is 30.7 Å². The van der Waals surface area contributed by atoms with Crippen molar-refractivity contribution in [1.29, 1.82) is 0 Å². The Kier molecular flexibility index (Phi) is 3.93. The Bertz CT molecular complexity index is 868. The van der Waals surface area contributed by atoms with E-state index in [4.69, 9.17) is 4.42 Å². The van der Waals surface area contributed by atoms with Crippen LogP contribution in [0.25, 0.3) is 11.0 Å². The lowest BCUT2D eigenvalue weighted by atomic mass is 10.0. The maximum absolute atomic E-state index is 12.5. The fourth-order valence-electron chi connectivity index (χ4n) is 2.43. The van der Waals surface area contributed by atoms with Gasteiger partial charge in [0.25, 0.3) is 0 Å². The van der Waals surface area contributed by atoms with Crippen molar-refractivity contribution in [2.45, 2.75) is 19.8 Å². The first-order chi connectivity index (χ1) is 11.1. The van der Waals surface area contributed by atoms with Gasteiger partial charge in [-0.1, -0.05) is 18.2 Å². The number of carbonyl (C=O) groups excluding carboxylic acids is 2. The Morgan fingerprint density at radius 2 is 1.96 bits per heavy atom. The van der Waals surface area contributed by atoms with Gasteiger partial charge in [0, 0.05) is 24.7 Å². The molecule has 2 aromatic heterocycles. The molecule has 0 aliphatic carbocycles. The average molecular weight is 308 g/mol. The number of para-hydroxylation sites is 1. The molecule has 3 rings (SSSR count). The standard InChI is InChI=1S/C18H16N2O3/c1-11(13-6-5-9-19-10-13)18(22)20-16-14-7-3-4-8-15(14)23-17(16)12(2)21/h3-11H,1-2H3,(H,20,22)/t11-/m0/s1. The molecule has 0 spiro atoms. The van der Waals surface area contributed by atoms with Gasteiger partial charge in [-0.2, -0.15) is 0 Å². The summed E-state index contributed by atoms with van der Waals surface area (Å²) in [5, 5.41) is 3.54. The van der Waals surface area contributed by atoms with Gasteiger partial charge in [-0.25, -0.2) is 0 Å². The number of anilines is 1. The number of nitrogens with one attached hydrogen (secondary N) is 1. The minimum Gasteiger partial charge on any atom is -0.451 e. The summed E-state index contributed by atoms with van der Waals surface area (Å²) in [5.74, 6) is -0.673. The number of hydrogen-bond donors (Lipinski definition) is 1. The summed E-state index contributed by atoms with van der Waals surface area (Å²) in [6.45, 7) is 3.21. The van der Waals surface area contributed by atoms with Crippen LogP contribution in [0, 0.1) is 0 Å². The lowest BCUT2D eigenvalue weighted by molar-refractivity contribution is -0.117. The molecule has 0 fully saturated rings. The summed E-state index contributed by atoms with van der Waals surface area (Å²) in [4.78, 5) is 28.4. The first-order valence-corrected chi connectivity index (χ1v) is 7.31. The molecule has 3 aromatic rings. The van der Waals surface area contributed by atoms with E-state index in [2.05, 4.69) is 10.3 Å². The molecule has 2 heterocycles. The minimum atomic E-state index is -0.392. The zero-order valence-corrected chi connectivity index (χ0v) is 12.9. The quantitative estimate of drug-likeness (QED) is 0.745. The fraction of sp³-hybridized carbons (Fsp3) is 0.167. The molecule has 116 valence electrons. The maximum Gasteiger partial charge on any atom is 0.231 e. The van der Waals surface area contributed by atoms with Crippen LogP contribution in [0.4, 0.5) is 5.69 Å². The molecule has 5 nitrogen and oxygen atoms in total. The highest BCUT2D eigenvalue weighted by molar-refractivity contribution is 6.11. The summed E-state index contributed by atoms with van der Waals surface area (Å²) in [5.41, 5.74) is 1.80. The van der Waals surface area contributed by atoms with Crippen molar-refractivity contribution in [3.8, 4) is 0 Å². The van der Waals surface area contributed by atoms with Crippen LogP contribution in [-0.4, -0.2) is 16.7 Å². The molecule has 0 radical (unpaired) electrons. The van der Waals surface area contributed by atoms with E-state index in [-0.39, 0.29) is 17.5 Å². The van der Waals surface area contributed by atoms with Crippen molar-refractivity contribution >= 4 is 28.3 Å². The maximum atomic E-state index is 12.5. The lowest BCUT2D eigenvalue weighted by Crippen LogP contribution is -2.19. The normalized spacial score (nSPS) is 12.1. The lowest BCUT2D eigenvalue weighted by Gasteiger charge is -2.12. The van der Waals surface area contributed by atoms with Crippen LogP contribution in [0.5, 0.6) is 0 Å². The van der Waals surface area contributed by atoms with Crippen molar-refractivity contribution in [2.24, 2.45) is 0 Å². The summed E-state index contributed by atoms with van der Waals surface area (Å²) < 4.78 is 5.57. The van der Waals surface area contributed by atoms with E-state index in [1.165, 1.54) is 6.92 Å². The number of aromatic nitrogens is 1.